The largest absolute Gasteiger partial charge is 0.472 e. The first-order valence-corrected chi connectivity index (χ1v) is 8.49. The summed E-state index contributed by atoms with van der Waals surface area (Å²) in [5.41, 5.74) is 4.89. The average Bonchev–Trinajstić information content (AvgIpc) is 3.16. The normalized spacial score (nSPS) is 10.6. The number of benzene rings is 1. The molecule has 0 spiro atoms. The maximum absolute atomic E-state index is 12.0. The summed E-state index contributed by atoms with van der Waals surface area (Å²) in [5.74, 6) is 0.0199. The minimum Gasteiger partial charge on any atom is -0.472 e. The Morgan fingerprint density at radius 2 is 2.04 bits per heavy atom. The van der Waals surface area contributed by atoms with Gasteiger partial charge in [0.15, 0.2) is 0 Å². The monoisotopic (exact) mass is 354 g/mol. The smallest absolute Gasteiger partial charge is 0.220 e. The van der Waals surface area contributed by atoms with Crippen molar-refractivity contribution in [2.24, 2.45) is 0 Å². The van der Waals surface area contributed by atoms with Crippen molar-refractivity contribution < 1.29 is 9.21 Å². The summed E-state index contributed by atoms with van der Waals surface area (Å²) < 4.78 is 5.05. The highest BCUT2D eigenvalue weighted by Gasteiger charge is 2.05. The maximum atomic E-state index is 12.0. The van der Waals surface area contributed by atoms with Gasteiger partial charge in [-0.3, -0.25) is 9.78 Å². The van der Waals surface area contributed by atoms with Gasteiger partial charge in [-0.15, -0.1) is 0 Å². The van der Waals surface area contributed by atoms with Gasteiger partial charge in [-0.25, -0.2) is 0 Å². The first-order chi connectivity index (χ1) is 12.1. The van der Waals surface area contributed by atoms with Crippen LogP contribution in [0.5, 0.6) is 0 Å². The minimum absolute atomic E-state index is 0.0199. The van der Waals surface area contributed by atoms with E-state index in [1.165, 1.54) is 0 Å². The molecular weight excluding hydrogens is 336 g/mol. The van der Waals surface area contributed by atoms with Crippen molar-refractivity contribution in [3.05, 3.63) is 76.8 Å². The van der Waals surface area contributed by atoms with E-state index >= 15 is 0 Å². The summed E-state index contributed by atoms with van der Waals surface area (Å²) in [6.45, 7) is 2.43. The molecule has 0 saturated carbocycles. The van der Waals surface area contributed by atoms with Gasteiger partial charge < -0.3 is 9.73 Å². The Hall–Kier alpha value is -2.59. The first kappa shape index (κ1) is 17.2. The number of nitrogens with one attached hydrogen (secondary N) is 1. The van der Waals surface area contributed by atoms with Gasteiger partial charge in [-0.2, -0.15) is 0 Å². The van der Waals surface area contributed by atoms with Gasteiger partial charge in [0.25, 0.3) is 0 Å². The van der Waals surface area contributed by atoms with Gasteiger partial charge in [0.05, 0.1) is 18.2 Å². The number of pyridine rings is 1. The number of rotatable bonds is 6. The number of furan rings is 1. The number of halogens is 1. The molecule has 128 valence electrons. The molecule has 0 saturated heterocycles. The van der Waals surface area contributed by atoms with Gasteiger partial charge in [0.1, 0.15) is 0 Å². The van der Waals surface area contributed by atoms with E-state index in [9.17, 15) is 4.79 Å². The van der Waals surface area contributed by atoms with Crippen molar-refractivity contribution >= 4 is 17.5 Å². The van der Waals surface area contributed by atoms with Crippen LogP contribution in [0.25, 0.3) is 11.3 Å². The zero-order valence-corrected chi connectivity index (χ0v) is 14.7. The lowest BCUT2D eigenvalue weighted by molar-refractivity contribution is -0.121. The summed E-state index contributed by atoms with van der Waals surface area (Å²) in [4.78, 5) is 16.4. The summed E-state index contributed by atoms with van der Waals surface area (Å²) >= 11 is 6.01. The van der Waals surface area contributed by atoms with E-state index in [4.69, 9.17) is 16.0 Å². The second-order valence-corrected chi connectivity index (χ2v) is 6.33. The molecule has 2 aromatic heterocycles. The van der Waals surface area contributed by atoms with E-state index in [2.05, 4.69) is 10.3 Å². The molecule has 4 nitrogen and oxygen atoms in total. The Kier molecular flexibility index (Phi) is 5.51. The van der Waals surface area contributed by atoms with E-state index < -0.39 is 0 Å². The SMILES string of the molecule is Cc1cc(CCC(=O)NCc2ccc(-c3ccoc3)nc2)ccc1Cl. The van der Waals surface area contributed by atoms with E-state index in [1.807, 2.05) is 43.3 Å². The zero-order valence-electron chi connectivity index (χ0n) is 14.0. The van der Waals surface area contributed by atoms with E-state index in [0.717, 1.165) is 33.0 Å². The van der Waals surface area contributed by atoms with Crippen molar-refractivity contribution in [3.63, 3.8) is 0 Å². The lowest BCUT2D eigenvalue weighted by atomic mass is 10.1. The third-order valence-electron chi connectivity index (χ3n) is 3.99. The van der Waals surface area contributed by atoms with E-state index in [-0.39, 0.29) is 5.91 Å². The quantitative estimate of drug-likeness (QED) is 0.706. The van der Waals surface area contributed by atoms with Crippen molar-refractivity contribution in [2.75, 3.05) is 0 Å². The van der Waals surface area contributed by atoms with Crippen molar-refractivity contribution in [3.8, 4) is 11.3 Å². The van der Waals surface area contributed by atoms with E-state index in [0.29, 0.717) is 19.4 Å². The molecule has 0 atom stereocenters. The highest BCUT2D eigenvalue weighted by atomic mass is 35.5. The fourth-order valence-corrected chi connectivity index (χ4v) is 2.64. The molecule has 1 amide bonds. The summed E-state index contributed by atoms with van der Waals surface area (Å²) in [7, 11) is 0. The lowest BCUT2D eigenvalue weighted by Gasteiger charge is -2.07. The average molecular weight is 355 g/mol. The van der Waals surface area contributed by atoms with Crippen LogP contribution in [-0.2, 0) is 17.8 Å². The van der Waals surface area contributed by atoms with Gasteiger partial charge in [0, 0.05) is 29.7 Å². The molecule has 5 heteroatoms. The number of aromatic nitrogens is 1. The van der Waals surface area contributed by atoms with Crippen LogP contribution < -0.4 is 5.32 Å². The molecule has 1 aromatic carbocycles. The second kappa shape index (κ2) is 7.99. The number of carbonyl (C=O) groups is 1. The van der Waals surface area contributed by atoms with E-state index in [1.54, 1.807) is 18.7 Å². The molecule has 0 unspecified atom stereocenters. The molecule has 0 aliphatic carbocycles. The number of nitrogens with zero attached hydrogens (tertiary/aromatic N) is 1. The minimum atomic E-state index is 0.0199. The Bertz CT molecular complexity index is 843. The molecule has 3 rings (SSSR count). The number of hydrogen-bond acceptors (Lipinski definition) is 3. The summed E-state index contributed by atoms with van der Waals surface area (Å²) in [5, 5.41) is 3.68. The van der Waals surface area contributed by atoms with Crippen LogP contribution >= 0.6 is 11.6 Å². The number of amides is 1. The van der Waals surface area contributed by atoms with Gasteiger partial charge in [-0.1, -0.05) is 29.8 Å². The van der Waals surface area contributed by atoms with Crippen LogP contribution in [0.15, 0.2) is 59.5 Å². The Morgan fingerprint density at radius 1 is 1.20 bits per heavy atom. The molecule has 1 N–H and O–H groups in total. The third kappa shape index (κ3) is 4.70. The molecular formula is C20H19ClN2O2. The fourth-order valence-electron chi connectivity index (χ4n) is 2.52. The van der Waals surface area contributed by atoms with Crippen molar-refractivity contribution in [1.82, 2.24) is 10.3 Å². The molecule has 0 fully saturated rings. The van der Waals surface area contributed by atoms with Crippen molar-refractivity contribution in [1.29, 1.82) is 0 Å². The van der Waals surface area contributed by atoms with Gasteiger partial charge >= 0.3 is 0 Å². The summed E-state index contributed by atoms with van der Waals surface area (Å²) in [6.07, 6.45) is 6.18. The second-order valence-electron chi connectivity index (χ2n) is 5.92. The molecule has 0 aliphatic heterocycles. The molecule has 2 heterocycles. The Morgan fingerprint density at radius 3 is 2.72 bits per heavy atom. The first-order valence-electron chi connectivity index (χ1n) is 8.11. The predicted octanol–water partition coefficient (Wildman–Crippen LogP) is 4.55. The predicted molar refractivity (Wildman–Crippen MR) is 98.3 cm³/mol. The molecule has 25 heavy (non-hydrogen) atoms. The topological polar surface area (TPSA) is 55.1 Å². The van der Waals surface area contributed by atoms with Crippen LogP contribution in [0.1, 0.15) is 23.1 Å². The maximum Gasteiger partial charge on any atom is 0.220 e. The van der Waals surface area contributed by atoms with Crippen molar-refractivity contribution in [2.45, 2.75) is 26.3 Å². The fraction of sp³-hybridized carbons (Fsp3) is 0.200. The number of aryl methyl sites for hydroxylation is 2. The Balaban J connectivity index is 1.48. The highest BCUT2D eigenvalue weighted by Crippen LogP contribution is 2.18. The van der Waals surface area contributed by atoms with Crippen LogP contribution in [0.4, 0.5) is 0 Å². The highest BCUT2D eigenvalue weighted by molar-refractivity contribution is 6.31. The van der Waals surface area contributed by atoms with Crippen LogP contribution in [0, 0.1) is 6.92 Å². The zero-order chi connectivity index (χ0) is 17.6. The molecule has 0 aliphatic rings. The van der Waals surface area contributed by atoms with Gasteiger partial charge in [0.2, 0.25) is 5.91 Å². The van der Waals surface area contributed by atoms with Gasteiger partial charge in [-0.05, 0) is 48.2 Å². The summed E-state index contributed by atoms with van der Waals surface area (Å²) in [6, 6.07) is 11.6. The number of hydrogen-bond donors (Lipinski definition) is 1. The standard InChI is InChI=1S/C20H19ClN2O2/c1-14-10-15(2-5-18(14)21)4-7-20(24)23-12-16-3-6-19(22-11-16)17-8-9-25-13-17/h2-3,5-6,8-11,13H,4,7,12H2,1H3,(H,23,24). The lowest BCUT2D eigenvalue weighted by Crippen LogP contribution is -2.23. The number of carbonyl (C=O) groups excluding carboxylic acids is 1. The van der Waals surface area contributed by atoms with Crippen LogP contribution in [-0.4, -0.2) is 10.9 Å². The third-order valence-corrected chi connectivity index (χ3v) is 4.42. The van der Waals surface area contributed by atoms with Crippen LogP contribution in [0.2, 0.25) is 5.02 Å². The Labute approximate surface area is 151 Å². The molecule has 0 bridgehead atoms. The van der Waals surface area contributed by atoms with Crippen LogP contribution in [0.3, 0.4) is 0 Å². The molecule has 0 radical (unpaired) electrons. The molecule has 3 aromatic rings.